The molecule has 7 nitrogen and oxygen atoms in total. The maximum absolute atomic E-state index is 14.7. The summed E-state index contributed by atoms with van der Waals surface area (Å²) in [6.07, 6.45) is 1.73. The number of thiocarbonyl (C=S) groups is 1. The molecule has 1 N–H and O–H groups in total. The van der Waals surface area contributed by atoms with Gasteiger partial charge in [0, 0.05) is 38.3 Å². The number of nitrogens with one attached hydrogen (secondary N) is 1. The van der Waals surface area contributed by atoms with Crippen molar-refractivity contribution in [1.29, 1.82) is 0 Å². The van der Waals surface area contributed by atoms with Crippen LogP contribution < -0.4 is 10.2 Å². The van der Waals surface area contributed by atoms with Crippen LogP contribution in [0.4, 0.5) is 15.8 Å². The molecule has 0 amide bonds. The normalized spacial score (nSPS) is 16.5. The minimum Gasteiger partial charge on any atom is -0.459 e. The highest BCUT2D eigenvalue weighted by molar-refractivity contribution is 9.10. The van der Waals surface area contributed by atoms with Crippen LogP contribution >= 0.6 is 39.9 Å². The molecule has 2 unspecified atom stereocenters. The molecule has 3 heterocycles. The minimum atomic E-state index is -0.414. The van der Waals surface area contributed by atoms with E-state index >= 15 is 0 Å². The Balaban J connectivity index is 1.33. The van der Waals surface area contributed by atoms with Crippen molar-refractivity contribution in [3.63, 3.8) is 0 Å². The molecule has 0 radical (unpaired) electrons. The maximum atomic E-state index is 14.7. The molecule has 5 aromatic rings. The molecule has 0 saturated carbocycles. The third-order valence-corrected chi connectivity index (χ3v) is 8.43. The lowest BCUT2D eigenvalue weighted by molar-refractivity contribution is -0.384. The second kappa shape index (κ2) is 11.4. The van der Waals surface area contributed by atoms with Crippen LogP contribution in [0.1, 0.15) is 23.5 Å². The smallest absolute Gasteiger partial charge is 0.269 e. The molecule has 2 atom stereocenters. The number of non-ortho nitro benzene ring substituents is 1. The van der Waals surface area contributed by atoms with Gasteiger partial charge in [-0.3, -0.25) is 15.1 Å². The SMILES string of the molecule is O=[N+]([O-])c1ccc(Sc2ccc(N3C(=S)NC(c4ccccn4)C3c3ccc(-c4ccc(Br)cc4F)o3)cc2)cc1. The summed E-state index contributed by atoms with van der Waals surface area (Å²) in [6, 6.07) is 27.8. The molecular weight excluding hydrogens is 627 g/mol. The zero-order valence-electron chi connectivity index (χ0n) is 21.1. The first-order chi connectivity index (χ1) is 19.9. The average molecular weight is 648 g/mol. The molecule has 0 spiro atoms. The van der Waals surface area contributed by atoms with Crippen molar-refractivity contribution in [2.45, 2.75) is 21.9 Å². The second-order valence-corrected chi connectivity index (χ2v) is 11.6. The number of furan rings is 1. The van der Waals surface area contributed by atoms with Crippen molar-refractivity contribution >= 4 is 56.4 Å². The molecule has 2 aromatic heterocycles. The summed E-state index contributed by atoms with van der Waals surface area (Å²) in [5.41, 5.74) is 2.05. The van der Waals surface area contributed by atoms with E-state index < -0.39 is 11.0 Å². The van der Waals surface area contributed by atoms with Crippen molar-refractivity contribution in [1.82, 2.24) is 10.3 Å². The van der Waals surface area contributed by atoms with Gasteiger partial charge >= 0.3 is 0 Å². The van der Waals surface area contributed by atoms with Gasteiger partial charge in [0.2, 0.25) is 0 Å². The van der Waals surface area contributed by atoms with Crippen molar-refractivity contribution in [3.05, 3.63) is 135 Å². The van der Waals surface area contributed by atoms with E-state index in [1.54, 1.807) is 36.5 Å². The Morgan fingerprint density at radius 1 is 1.00 bits per heavy atom. The van der Waals surface area contributed by atoms with E-state index in [2.05, 4.69) is 26.2 Å². The van der Waals surface area contributed by atoms with Crippen LogP contribution in [0.3, 0.4) is 0 Å². The summed E-state index contributed by atoms with van der Waals surface area (Å²) < 4.78 is 21.7. The van der Waals surface area contributed by atoms with Crippen molar-refractivity contribution in [2.24, 2.45) is 0 Å². The van der Waals surface area contributed by atoms with Crippen molar-refractivity contribution in [3.8, 4) is 11.3 Å². The second-order valence-electron chi connectivity index (χ2n) is 9.17. The van der Waals surface area contributed by atoms with Crippen LogP contribution in [0.15, 0.2) is 122 Å². The van der Waals surface area contributed by atoms with Gasteiger partial charge in [-0.05, 0) is 91.1 Å². The predicted octanol–water partition coefficient (Wildman–Crippen LogP) is 8.48. The molecule has 0 aliphatic carbocycles. The molecule has 0 bridgehead atoms. The number of nitrogens with zero attached hydrogens (tertiary/aromatic N) is 3. The molecule has 1 fully saturated rings. The quantitative estimate of drug-likeness (QED) is 0.107. The number of nitro groups is 1. The van der Waals surface area contributed by atoms with E-state index in [9.17, 15) is 14.5 Å². The summed E-state index contributed by atoms with van der Waals surface area (Å²) in [5, 5.41) is 14.9. The Bertz CT molecular complexity index is 1730. The zero-order chi connectivity index (χ0) is 28.5. The molecule has 204 valence electrons. The lowest BCUT2D eigenvalue weighted by atomic mass is 10.0. The van der Waals surface area contributed by atoms with Crippen molar-refractivity contribution in [2.75, 3.05) is 4.90 Å². The molecule has 1 aliphatic rings. The van der Waals surface area contributed by atoms with E-state index in [0.29, 0.717) is 26.7 Å². The number of rotatable bonds is 7. The summed E-state index contributed by atoms with van der Waals surface area (Å²) >= 11 is 10.6. The van der Waals surface area contributed by atoms with Gasteiger partial charge < -0.3 is 14.6 Å². The number of hydrogen-bond acceptors (Lipinski definition) is 6. The average Bonchev–Trinajstić information content (AvgIpc) is 3.59. The van der Waals surface area contributed by atoms with Crippen LogP contribution in [0.25, 0.3) is 11.3 Å². The van der Waals surface area contributed by atoms with E-state index in [1.165, 1.54) is 30.0 Å². The van der Waals surface area contributed by atoms with Crippen molar-refractivity contribution < 1.29 is 13.7 Å². The van der Waals surface area contributed by atoms with E-state index in [4.69, 9.17) is 16.6 Å². The highest BCUT2D eigenvalue weighted by Crippen LogP contribution is 2.43. The van der Waals surface area contributed by atoms with Gasteiger partial charge in [-0.1, -0.05) is 33.8 Å². The first-order valence-corrected chi connectivity index (χ1v) is 14.5. The number of aromatic nitrogens is 1. The van der Waals surface area contributed by atoms with Crippen LogP contribution in [-0.4, -0.2) is 15.0 Å². The Kier molecular flexibility index (Phi) is 7.57. The van der Waals surface area contributed by atoms with Gasteiger partial charge in [0.1, 0.15) is 23.4 Å². The van der Waals surface area contributed by atoms with Gasteiger partial charge in [-0.15, -0.1) is 0 Å². The molecular formula is C30H20BrFN4O3S2. The fourth-order valence-corrected chi connectivity index (χ4v) is 6.21. The molecule has 11 heteroatoms. The largest absolute Gasteiger partial charge is 0.459 e. The fraction of sp³-hybridized carbons (Fsp3) is 0.0667. The summed E-state index contributed by atoms with van der Waals surface area (Å²) in [4.78, 5) is 18.9. The highest BCUT2D eigenvalue weighted by atomic mass is 79.9. The van der Waals surface area contributed by atoms with Gasteiger partial charge in [-0.25, -0.2) is 4.39 Å². The van der Waals surface area contributed by atoms with Crippen LogP contribution in [0, 0.1) is 15.9 Å². The molecule has 1 aliphatic heterocycles. The predicted molar refractivity (Wildman–Crippen MR) is 163 cm³/mol. The number of anilines is 1. The van der Waals surface area contributed by atoms with E-state index in [0.717, 1.165) is 21.2 Å². The number of pyridine rings is 1. The van der Waals surface area contributed by atoms with Crippen LogP contribution in [0.2, 0.25) is 0 Å². The zero-order valence-corrected chi connectivity index (χ0v) is 24.3. The summed E-state index contributed by atoms with van der Waals surface area (Å²) in [5.74, 6) is 0.631. The highest BCUT2D eigenvalue weighted by Gasteiger charge is 2.42. The fourth-order valence-electron chi connectivity index (χ4n) is 4.71. The first-order valence-electron chi connectivity index (χ1n) is 12.5. The van der Waals surface area contributed by atoms with Crippen LogP contribution in [-0.2, 0) is 0 Å². The van der Waals surface area contributed by atoms with Gasteiger partial charge in [0.25, 0.3) is 5.69 Å². The number of hydrogen-bond donors (Lipinski definition) is 1. The van der Waals surface area contributed by atoms with E-state index in [1.807, 2.05) is 53.4 Å². The molecule has 41 heavy (non-hydrogen) atoms. The Labute approximate surface area is 252 Å². The Morgan fingerprint density at radius 3 is 2.39 bits per heavy atom. The number of nitro benzene ring substituents is 1. The van der Waals surface area contributed by atoms with E-state index in [-0.39, 0.29) is 17.5 Å². The topological polar surface area (TPSA) is 84.4 Å². The Morgan fingerprint density at radius 2 is 1.73 bits per heavy atom. The molecule has 1 saturated heterocycles. The monoisotopic (exact) mass is 646 g/mol. The van der Waals surface area contributed by atoms with Gasteiger partial charge in [0.15, 0.2) is 5.11 Å². The molecule has 3 aromatic carbocycles. The summed E-state index contributed by atoms with van der Waals surface area (Å²) in [6.45, 7) is 0. The lowest BCUT2D eigenvalue weighted by Gasteiger charge is -2.26. The van der Waals surface area contributed by atoms with Gasteiger partial charge in [-0.2, -0.15) is 0 Å². The summed E-state index contributed by atoms with van der Waals surface area (Å²) in [7, 11) is 0. The Hall–Kier alpha value is -4.06. The maximum Gasteiger partial charge on any atom is 0.269 e. The first kappa shape index (κ1) is 27.1. The van der Waals surface area contributed by atoms with Gasteiger partial charge in [0.05, 0.1) is 22.2 Å². The number of halogens is 2. The lowest BCUT2D eigenvalue weighted by Crippen LogP contribution is -2.29. The third kappa shape index (κ3) is 5.61. The minimum absolute atomic E-state index is 0.0530. The number of benzene rings is 3. The third-order valence-electron chi connectivity index (χ3n) is 6.61. The van der Waals surface area contributed by atoms with Crippen LogP contribution in [0.5, 0.6) is 0 Å². The standard InChI is InChI=1S/C30H20BrFN4O3S2/c31-18-4-13-23(24(32)17-18)26-14-15-27(39-26)29-28(25-3-1-2-16-33-25)34-30(40)35(29)19-5-9-21(10-6-19)41-22-11-7-20(8-12-22)36(37)38/h1-17,28-29H,(H,34,40). The molecule has 6 rings (SSSR count).